The molecule has 2 aliphatic rings. The van der Waals surface area contributed by atoms with Gasteiger partial charge in [-0.1, -0.05) is 12.1 Å². The van der Waals surface area contributed by atoms with E-state index >= 15 is 0 Å². The van der Waals surface area contributed by atoms with Gasteiger partial charge in [0.05, 0.1) is 11.7 Å². The predicted molar refractivity (Wildman–Crippen MR) is 92.0 cm³/mol. The van der Waals surface area contributed by atoms with E-state index in [9.17, 15) is 4.79 Å². The van der Waals surface area contributed by atoms with E-state index in [2.05, 4.69) is 29.5 Å². The largest absolute Gasteiger partial charge is 0.337 e. The molecule has 1 aliphatic carbocycles. The van der Waals surface area contributed by atoms with Crippen LogP contribution < -0.4 is 5.32 Å². The fraction of sp³-hybridized carbons (Fsp3) is 0.812. The first kappa shape index (κ1) is 18.2. The van der Waals surface area contributed by atoms with Crippen LogP contribution in [0.2, 0.25) is 0 Å². The lowest BCUT2D eigenvalue weighted by molar-refractivity contribution is 0.0677. The molecule has 1 aliphatic heterocycles. The van der Waals surface area contributed by atoms with Gasteiger partial charge in [0, 0.05) is 13.1 Å². The lowest BCUT2D eigenvalue weighted by Gasteiger charge is -2.29. The Balaban J connectivity index is 0.00000192. The average Bonchev–Trinajstić information content (AvgIpc) is 3.17. The molecule has 6 nitrogen and oxygen atoms in total. The van der Waals surface area contributed by atoms with Crippen LogP contribution in [0.1, 0.15) is 61.8 Å². The standard InChI is InChI=1S/C16H27N5O.ClH/c1-11-14(15(22)20(4)12(2)16(3)7-8-16)18-19-21(11)13-5-9-17-10-6-13;/h12-13,17H,5-10H2,1-4H3;1H. The maximum absolute atomic E-state index is 12.8. The van der Waals surface area contributed by atoms with Crippen LogP contribution in [0.15, 0.2) is 0 Å². The lowest BCUT2D eigenvalue weighted by Crippen LogP contribution is -2.40. The molecule has 2 heterocycles. The van der Waals surface area contributed by atoms with E-state index in [4.69, 9.17) is 0 Å². The Morgan fingerprint density at radius 1 is 1.39 bits per heavy atom. The predicted octanol–water partition coefficient (Wildman–Crippen LogP) is 2.19. The Bertz CT molecular complexity index is 563. The van der Waals surface area contributed by atoms with Gasteiger partial charge >= 0.3 is 0 Å². The van der Waals surface area contributed by atoms with Gasteiger partial charge in [-0.15, -0.1) is 17.5 Å². The summed E-state index contributed by atoms with van der Waals surface area (Å²) in [5.74, 6) is -0.00157. The second kappa shape index (κ2) is 6.77. The molecule has 2 fully saturated rings. The third kappa shape index (κ3) is 3.38. The summed E-state index contributed by atoms with van der Waals surface area (Å²) >= 11 is 0. The van der Waals surface area contributed by atoms with Gasteiger partial charge in [-0.3, -0.25) is 4.79 Å². The zero-order valence-electron chi connectivity index (χ0n) is 14.5. The summed E-state index contributed by atoms with van der Waals surface area (Å²) in [6.45, 7) is 8.36. The first-order valence-electron chi connectivity index (χ1n) is 8.34. The van der Waals surface area contributed by atoms with Gasteiger partial charge in [0.15, 0.2) is 5.69 Å². The number of halogens is 1. The Hall–Kier alpha value is -1.14. The molecule has 1 saturated carbocycles. The van der Waals surface area contributed by atoms with Crippen LogP contribution in [0.25, 0.3) is 0 Å². The number of carbonyl (C=O) groups is 1. The highest BCUT2D eigenvalue weighted by Crippen LogP contribution is 2.49. The molecule has 23 heavy (non-hydrogen) atoms. The van der Waals surface area contributed by atoms with Crippen molar-refractivity contribution in [2.45, 2.75) is 58.5 Å². The number of hydrogen-bond acceptors (Lipinski definition) is 4. The third-order valence-corrected chi connectivity index (χ3v) is 5.73. The van der Waals surface area contributed by atoms with Gasteiger partial charge in [-0.2, -0.15) is 0 Å². The summed E-state index contributed by atoms with van der Waals surface area (Å²) in [5, 5.41) is 11.8. The van der Waals surface area contributed by atoms with Crippen molar-refractivity contribution in [3.05, 3.63) is 11.4 Å². The molecular formula is C16H28ClN5O. The molecule has 1 unspecified atom stereocenters. The number of aromatic nitrogens is 3. The number of rotatable bonds is 4. The van der Waals surface area contributed by atoms with Crippen LogP contribution in [-0.4, -0.2) is 52.0 Å². The molecule has 0 bridgehead atoms. The molecule has 0 radical (unpaired) electrons. The normalized spacial score (nSPS) is 21.4. The molecule has 1 N–H and O–H groups in total. The minimum atomic E-state index is -0.00157. The Labute approximate surface area is 144 Å². The van der Waals surface area contributed by atoms with Crippen LogP contribution in [0.4, 0.5) is 0 Å². The minimum Gasteiger partial charge on any atom is -0.337 e. The van der Waals surface area contributed by atoms with E-state index < -0.39 is 0 Å². The maximum Gasteiger partial charge on any atom is 0.276 e. The third-order valence-electron chi connectivity index (χ3n) is 5.73. The SMILES string of the molecule is Cc1c(C(=O)N(C)C(C)C2(C)CC2)nnn1C1CCNCC1.Cl. The topological polar surface area (TPSA) is 63.1 Å². The van der Waals surface area contributed by atoms with Crippen molar-refractivity contribution in [1.82, 2.24) is 25.2 Å². The van der Waals surface area contributed by atoms with Crippen molar-refractivity contribution in [2.24, 2.45) is 5.41 Å². The first-order chi connectivity index (χ1) is 10.4. The number of carbonyl (C=O) groups excluding carboxylic acids is 1. The molecule has 3 rings (SSSR count). The van der Waals surface area contributed by atoms with Crippen molar-refractivity contribution in [1.29, 1.82) is 0 Å². The fourth-order valence-electron chi connectivity index (χ4n) is 3.36. The molecular weight excluding hydrogens is 314 g/mol. The highest BCUT2D eigenvalue weighted by molar-refractivity contribution is 5.93. The molecule has 130 valence electrons. The summed E-state index contributed by atoms with van der Waals surface area (Å²) in [7, 11) is 1.89. The molecule has 0 aromatic carbocycles. The molecule has 1 amide bonds. The van der Waals surface area contributed by atoms with Crippen molar-refractivity contribution in [2.75, 3.05) is 20.1 Å². The van der Waals surface area contributed by atoms with Gasteiger partial charge in [0.25, 0.3) is 5.91 Å². The first-order valence-corrected chi connectivity index (χ1v) is 8.34. The van der Waals surface area contributed by atoms with E-state index in [1.54, 1.807) is 0 Å². The summed E-state index contributed by atoms with van der Waals surface area (Å²) in [6, 6.07) is 0.599. The van der Waals surface area contributed by atoms with Crippen molar-refractivity contribution >= 4 is 18.3 Å². The number of amides is 1. The van der Waals surface area contributed by atoms with Crippen molar-refractivity contribution in [3.8, 4) is 0 Å². The summed E-state index contributed by atoms with van der Waals surface area (Å²) in [6.07, 6.45) is 4.49. The van der Waals surface area contributed by atoms with E-state index in [1.807, 2.05) is 23.6 Å². The lowest BCUT2D eigenvalue weighted by atomic mass is 9.99. The van der Waals surface area contributed by atoms with Gasteiger partial charge in [0.1, 0.15) is 0 Å². The van der Waals surface area contributed by atoms with Crippen LogP contribution in [-0.2, 0) is 0 Å². The van der Waals surface area contributed by atoms with Crippen LogP contribution >= 0.6 is 12.4 Å². The Morgan fingerprint density at radius 2 is 2.00 bits per heavy atom. The molecule has 1 saturated heterocycles. The van der Waals surface area contributed by atoms with E-state index in [0.717, 1.165) is 31.6 Å². The van der Waals surface area contributed by atoms with Gasteiger partial charge in [-0.05, 0) is 58.0 Å². The van der Waals surface area contributed by atoms with E-state index in [-0.39, 0.29) is 29.8 Å². The van der Waals surface area contributed by atoms with Gasteiger partial charge in [0.2, 0.25) is 0 Å². The Kier molecular flexibility index (Phi) is 5.36. The van der Waals surface area contributed by atoms with Crippen LogP contribution in [0.3, 0.4) is 0 Å². The molecule has 7 heteroatoms. The minimum absolute atomic E-state index is 0. The average molecular weight is 342 g/mol. The van der Waals surface area contributed by atoms with Gasteiger partial charge < -0.3 is 10.2 Å². The van der Waals surface area contributed by atoms with E-state index in [0.29, 0.717) is 11.7 Å². The highest BCUT2D eigenvalue weighted by atomic mass is 35.5. The number of nitrogens with zero attached hydrogens (tertiary/aromatic N) is 4. The number of hydrogen-bond donors (Lipinski definition) is 1. The zero-order valence-corrected chi connectivity index (χ0v) is 15.3. The smallest absolute Gasteiger partial charge is 0.276 e. The van der Waals surface area contributed by atoms with Crippen molar-refractivity contribution < 1.29 is 4.79 Å². The zero-order chi connectivity index (χ0) is 15.9. The van der Waals surface area contributed by atoms with Gasteiger partial charge in [-0.25, -0.2) is 4.68 Å². The highest BCUT2D eigenvalue weighted by Gasteiger charge is 2.45. The fourth-order valence-corrected chi connectivity index (χ4v) is 3.36. The van der Waals surface area contributed by atoms with Crippen LogP contribution in [0, 0.1) is 12.3 Å². The van der Waals surface area contributed by atoms with E-state index in [1.165, 1.54) is 12.8 Å². The number of nitrogens with one attached hydrogen (secondary N) is 1. The summed E-state index contributed by atoms with van der Waals surface area (Å²) < 4.78 is 1.95. The van der Waals surface area contributed by atoms with Crippen LogP contribution in [0.5, 0.6) is 0 Å². The molecule has 0 spiro atoms. The monoisotopic (exact) mass is 341 g/mol. The van der Waals surface area contributed by atoms with Crippen molar-refractivity contribution in [3.63, 3.8) is 0 Å². The number of piperidine rings is 1. The molecule has 1 aromatic rings. The summed E-state index contributed by atoms with van der Waals surface area (Å²) in [4.78, 5) is 14.6. The quantitative estimate of drug-likeness (QED) is 0.911. The molecule has 1 atom stereocenters. The second-order valence-electron chi connectivity index (χ2n) is 7.20. The second-order valence-corrected chi connectivity index (χ2v) is 7.20. The molecule has 1 aromatic heterocycles. The summed E-state index contributed by atoms with van der Waals surface area (Å²) in [5.41, 5.74) is 1.69. The Morgan fingerprint density at radius 3 is 2.57 bits per heavy atom. The maximum atomic E-state index is 12.8.